The largest absolute Gasteiger partial charge is 0.495 e. The van der Waals surface area contributed by atoms with Gasteiger partial charge < -0.3 is 15.4 Å². The molecule has 0 radical (unpaired) electrons. The third kappa shape index (κ3) is 7.10. The Morgan fingerprint density at radius 3 is 2.46 bits per heavy atom. The molecule has 0 fully saturated rings. The van der Waals surface area contributed by atoms with E-state index in [1.54, 1.807) is 30.3 Å². The summed E-state index contributed by atoms with van der Waals surface area (Å²) in [4.78, 5) is 8.06. The molecular formula is C25H30F3N5O3S. The average molecular weight is 538 g/mol. The highest BCUT2D eigenvalue weighted by molar-refractivity contribution is 7.92. The quantitative estimate of drug-likeness (QED) is 0.394. The monoisotopic (exact) mass is 537 g/mol. The van der Waals surface area contributed by atoms with Crippen LogP contribution in [0, 0.1) is 6.92 Å². The van der Waals surface area contributed by atoms with Crippen molar-refractivity contribution >= 4 is 27.3 Å². The van der Waals surface area contributed by atoms with Crippen molar-refractivity contribution < 1.29 is 26.3 Å². The first-order valence-corrected chi connectivity index (χ1v) is 13.2. The first kappa shape index (κ1) is 28.2. The second-order valence-corrected chi connectivity index (χ2v) is 10.6. The molecule has 200 valence electrons. The summed E-state index contributed by atoms with van der Waals surface area (Å²) in [5.41, 5.74) is 2.14. The molecule has 1 heterocycles. The predicted octanol–water partition coefficient (Wildman–Crippen LogP) is 4.46. The lowest BCUT2D eigenvalue weighted by Crippen LogP contribution is -2.26. The maximum absolute atomic E-state index is 13.8. The van der Waals surface area contributed by atoms with Crippen LogP contribution in [0.3, 0.4) is 0 Å². The molecule has 12 heteroatoms. The lowest BCUT2D eigenvalue weighted by molar-refractivity contribution is -0.138. The summed E-state index contributed by atoms with van der Waals surface area (Å²) in [7, 11) is 1.16. The standard InChI is InChI=1S/C25H30F3N5O3S/c1-16-6-8-18(22(12-16)33(3)37(5,34)35)9-11-20-19(25(26,27)28)15-30-24(31-20)32-21-10-7-17(14-29-2)13-23(21)36-4/h6-8,10,12-13,15,29H,9,11,14H2,1-5H3,(H,30,31,32). The number of aryl methyl sites for hydroxylation is 3. The van der Waals surface area contributed by atoms with Crippen molar-refractivity contribution in [3.8, 4) is 5.75 Å². The Labute approximate surface area is 214 Å². The van der Waals surface area contributed by atoms with Gasteiger partial charge in [-0.15, -0.1) is 0 Å². The normalized spacial score (nSPS) is 11.9. The van der Waals surface area contributed by atoms with Gasteiger partial charge >= 0.3 is 6.18 Å². The van der Waals surface area contributed by atoms with Gasteiger partial charge in [0.1, 0.15) is 5.75 Å². The molecule has 0 aliphatic rings. The van der Waals surface area contributed by atoms with E-state index in [1.807, 2.05) is 20.0 Å². The zero-order chi connectivity index (χ0) is 27.4. The summed E-state index contributed by atoms with van der Waals surface area (Å²) in [6.07, 6.45) is -2.77. The van der Waals surface area contributed by atoms with Crippen LogP contribution in [0.25, 0.3) is 0 Å². The van der Waals surface area contributed by atoms with Gasteiger partial charge in [-0.3, -0.25) is 4.31 Å². The van der Waals surface area contributed by atoms with E-state index < -0.39 is 21.8 Å². The summed E-state index contributed by atoms with van der Waals surface area (Å²) >= 11 is 0. The topological polar surface area (TPSA) is 96.5 Å². The molecule has 8 nitrogen and oxygen atoms in total. The van der Waals surface area contributed by atoms with Gasteiger partial charge in [0, 0.05) is 19.8 Å². The summed E-state index contributed by atoms with van der Waals surface area (Å²) < 4.78 is 72.1. The van der Waals surface area contributed by atoms with Crippen LogP contribution < -0.4 is 19.7 Å². The third-order valence-corrected chi connectivity index (χ3v) is 6.97. The summed E-state index contributed by atoms with van der Waals surface area (Å²) in [6.45, 7) is 2.43. The van der Waals surface area contributed by atoms with Gasteiger partial charge in [-0.2, -0.15) is 13.2 Å². The Morgan fingerprint density at radius 1 is 1.11 bits per heavy atom. The minimum atomic E-state index is -4.65. The van der Waals surface area contributed by atoms with Gasteiger partial charge in [-0.25, -0.2) is 18.4 Å². The molecule has 0 amide bonds. The van der Waals surface area contributed by atoms with Gasteiger partial charge in [0.15, 0.2) is 0 Å². The van der Waals surface area contributed by atoms with Crippen molar-refractivity contribution in [1.29, 1.82) is 0 Å². The second kappa shape index (κ2) is 11.3. The zero-order valence-electron chi connectivity index (χ0n) is 21.3. The van der Waals surface area contributed by atoms with E-state index in [-0.39, 0.29) is 24.5 Å². The Kier molecular flexibility index (Phi) is 8.64. The van der Waals surface area contributed by atoms with Crippen molar-refractivity contribution in [3.05, 3.63) is 70.5 Å². The van der Waals surface area contributed by atoms with Crippen LogP contribution in [0.4, 0.5) is 30.5 Å². The van der Waals surface area contributed by atoms with Crippen molar-refractivity contribution in [2.75, 3.05) is 37.1 Å². The number of nitrogens with one attached hydrogen (secondary N) is 2. The number of aromatic nitrogens is 2. The Balaban J connectivity index is 1.95. The first-order valence-electron chi connectivity index (χ1n) is 11.4. The fourth-order valence-corrected chi connectivity index (χ4v) is 4.32. The van der Waals surface area contributed by atoms with Crippen molar-refractivity contribution in [2.45, 2.75) is 32.5 Å². The number of hydrogen-bond donors (Lipinski definition) is 2. The lowest BCUT2D eigenvalue weighted by atomic mass is 10.0. The molecular weight excluding hydrogens is 507 g/mol. The zero-order valence-corrected chi connectivity index (χ0v) is 22.1. The number of benzene rings is 2. The molecule has 0 unspecified atom stereocenters. The van der Waals surface area contributed by atoms with Gasteiger partial charge in [0.05, 0.1) is 36.0 Å². The van der Waals surface area contributed by atoms with Crippen molar-refractivity contribution in [1.82, 2.24) is 15.3 Å². The molecule has 37 heavy (non-hydrogen) atoms. The molecule has 0 atom stereocenters. The molecule has 0 bridgehead atoms. The summed E-state index contributed by atoms with van der Waals surface area (Å²) in [5, 5.41) is 5.98. The van der Waals surface area contributed by atoms with E-state index >= 15 is 0 Å². The molecule has 2 aromatic carbocycles. The smallest absolute Gasteiger partial charge is 0.419 e. The fraction of sp³-hybridized carbons (Fsp3) is 0.360. The Hall–Kier alpha value is -3.38. The second-order valence-electron chi connectivity index (χ2n) is 8.60. The van der Waals surface area contributed by atoms with Gasteiger partial charge in [0.25, 0.3) is 0 Å². The molecule has 0 aliphatic carbocycles. The maximum Gasteiger partial charge on any atom is 0.419 e. The van der Waals surface area contributed by atoms with Crippen LogP contribution in [0.5, 0.6) is 5.75 Å². The van der Waals surface area contributed by atoms with Crippen LogP contribution >= 0.6 is 0 Å². The summed E-state index contributed by atoms with van der Waals surface area (Å²) in [5.74, 6) is 0.478. The first-order chi connectivity index (χ1) is 17.3. The Bertz CT molecular complexity index is 1360. The van der Waals surface area contributed by atoms with Gasteiger partial charge in [-0.1, -0.05) is 18.2 Å². The highest BCUT2D eigenvalue weighted by Gasteiger charge is 2.35. The number of methoxy groups -OCH3 is 1. The average Bonchev–Trinajstić information content (AvgIpc) is 2.82. The number of rotatable bonds is 10. The van der Waals surface area contributed by atoms with E-state index in [0.717, 1.165) is 27.9 Å². The van der Waals surface area contributed by atoms with Gasteiger partial charge in [0.2, 0.25) is 16.0 Å². The number of nitrogens with zero attached hydrogens (tertiary/aromatic N) is 3. The number of alkyl halides is 3. The molecule has 1 aromatic heterocycles. The lowest BCUT2D eigenvalue weighted by Gasteiger charge is -2.21. The summed E-state index contributed by atoms with van der Waals surface area (Å²) in [6, 6.07) is 10.6. The molecule has 3 rings (SSSR count). The fourth-order valence-electron chi connectivity index (χ4n) is 3.79. The molecule has 2 N–H and O–H groups in total. The SMILES string of the molecule is CNCc1ccc(Nc2ncc(C(F)(F)F)c(CCc3ccc(C)cc3N(C)S(C)(=O)=O)n2)c(OC)c1. The highest BCUT2D eigenvalue weighted by Crippen LogP contribution is 2.34. The van der Waals surface area contributed by atoms with E-state index in [4.69, 9.17) is 4.74 Å². The van der Waals surface area contributed by atoms with E-state index in [2.05, 4.69) is 20.6 Å². The van der Waals surface area contributed by atoms with Gasteiger partial charge in [-0.05, 0) is 61.7 Å². The molecule has 3 aromatic rings. The van der Waals surface area contributed by atoms with Crippen molar-refractivity contribution in [2.24, 2.45) is 0 Å². The number of halogens is 3. The van der Waals surface area contributed by atoms with Crippen LogP contribution in [-0.4, -0.2) is 45.8 Å². The highest BCUT2D eigenvalue weighted by atomic mass is 32.2. The predicted molar refractivity (Wildman–Crippen MR) is 138 cm³/mol. The minimum absolute atomic E-state index is 0.0138. The van der Waals surface area contributed by atoms with Crippen LogP contribution in [-0.2, 0) is 35.6 Å². The van der Waals surface area contributed by atoms with Crippen molar-refractivity contribution in [3.63, 3.8) is 0 Å². The number of anilines is 3. The van der Waals surface area contributed by atoms with Crippen LogP contribution in [0.2, 0.25) is 0 Å². The molecule has 0 saturated carbocycles. The molecule has 0 saturated heterocycles. The van der Waals surface area contributed by atoms with E-state index in [0.29, 0.717) is 29.2 Å². The van der Waals surface area contributed by atoms with Crippen LogP contribution in [0.15, 0.2) is 42.6 Å². The van der Waals surface area contributed by atoms with E-state index in [1.165, 1.54) is 14.2 Å². The molecule has 0 spiro atoms. The number of hydrogen-bond acceptors (Lipinski definition) is 7. The maximum atomic E-state index is 13.8. The number of ether oxygens (including phenoxy) is 1. The Morgan fingerprint density at radius 2 is 1.84 bits per heavy atom. The minimum Gasteiger partial charge on any atom is -0.495 e. The van der Waals surface area contributed by atoms with Crippen LogP contribution in [0.1, 0.15) is 27.9 Å². The van der Waals surface area contributed by atoms with E-state index in [9.17, 15) is 21.6 Å². The third-order valence-electron chi connectivity index (χ3n) is 5.78. The number of sulfonamides is 1. The molecule has 0 aliphatic heterocycles.